The molecule has 0 saturated heterocycles. The summed E-state index contributed by atoms with van der Waals surface area (Å²) in [6, 6.07) is 17.7. The molecule has 0 aliphatic heterocycles. The van der Waals surface area contributed by atoms with Gasteiger partial charge in [-0.25, -0.2) is 0 Å². The molecule has 5 heteroatoms. The van der Waals surface area contributed by atoms with Crippen LogP contribution >= 0.6 is 23.2 Å². The zero-order chi connectivity index (χ0) is 17.1. The Kier molecular flexibility index (Phi) is 4.93. The van der Waals surface area contributed by atoms with Gasteiger partial charge in [-0.1, -0.05) is 23.2 Å². The summed E-state index contributed by atoms with van der Waals surface area (Å²) in [7, 11) is 4.06. The molecule has 122 valence electrons. The summed E-state index contributed by atoms with van der Waals surface area (Å²) in [5, 5.41) is 1.03. The van der Waals surface area contributed by atoms with Gasteiger partial charge in [0.2, 0.25) is 0 Å². The van der Waals surface area contributed by atoms with Crippen molar-refractivity contribution >= 4 is 40.8 Å². The van der Waals surface area contributed by atoms with E-state index in [-0.39, 0.29) is 0 Å². The van der Waals surface area contributed by atoms with Crippen LogP contribution < -0.4 is 4.90 Å². The van der Waals surface area contributed by atoms with Crippen LogP contribution in [0.5, 0.6) is 0 Å². The van der Waals surface area contributed by atoms with Gasteiger partial charge in [0.05, 0.1) is 27.6 Å². The van der Waals surface area contributed by atoms with Gasteiger partial charge in [0, 0.05) is 31.7 Å². The Balaban J connectivity index is 1.87. The fraction of sp³-hybridized carbons (Fsp3) is 0.105. The molecule has 0 bridgehead atoms. The fourth-order valence-corrected chi connectivity index (χ4v) is 2.64. The Labute approximate surface area is 151 Å². The zero-order valence-corrected chi connectivity index (χ0v) is 15.0. The highest BCUT2D eigenvalue weighted by Gasteiger charge is 2.03. The highest BCUT2D eigenvalue weighted by Crippen LogP contribution is 2.26. The predicted molar refractivity (Wildman–Crippen MR) is 104 cm³/mol. The van der Waals surface area contributed by atoms with E-state index in [0.29, 0.717) is 10.0 Å². The smallest absolute Gasteiger partial charge is 0.0646 e. The van der Waals surface area contributed by atoms with E-state index in [1.165, 1.54) is 0 Å². The molecular weight excluding hydrogens is 341 g/mol. The maximum Gasteiger partial charge on any atom is 0.0646 e. The van der Waals surface area contributed by atoms with E-state index >= 15 is 0 Å². The lowest BCUT2D eigenvalue weighted by Gasteiger charge is -2.13. The Morgan fingerprint density at radius 2 is 1.71 bits per heavy atom. The number of hydrogen-bond donors (Lipinski definition) is 0. The summed E-state index contributed by atoms with van der Waals surface area (Å²) in [5.74, 6) is 0. The summed E-state index contributed by atoms with van der Waals surface area (Å²) in [6.07, 6.45) is 3.83. The second-order valence-electron chi connectivity index (χ2n) is 5.57. The molecule has 0 aliphatic rings. The fourth-order valence-electron chi connectivity index (χ4n) is 2.35. The number of rotatable bonds is 4. The molecule has 0 unspecified atom stereocenters. The summed E-state index contributed by atoms with van der Waals surface area (Å²) in [5.41, 5.74) is 4.00. The van der Waals surface area contributed by atoms with Crippen molar-refractivity contribution in [2.75, 3.05) is 19.0 Å². The van der Waals surface area contributed by atoms with Crippen molar-refractivity contribution in [2.45, 2.75) is 0 Å². The van der Waals surface area contributed by atoms with Gasteiger partial charge in [-0.2, -0.15) is 0 Å². The second-order valence-corrected chi connectivity index (χ2v) is 6.38. The number of nitrogens with zero attached hydrogens (tertiary/aromatic N) is 3. The summed E-state index contributed by atoms with van der Waals surface area (Å²) >= 11 is 12.0. The quantitative estimate of drug-likeness (QED) is 0.556. The number of aromatic nitrogens is 1. The van der Waals surface area contributed by atoms with E-state index in [4.69, 9.17) is 23.2 Å². The molecule has 3 aromatic rings. The van der Waals surface area contributed by atoms with Gasteiger partial charge in [-0.3, -0.25) is 4.99 Å². The highest BCUT2D eigenvalue weighted by atomic mass is 35.5. The Bertz CT molecular complexity index is 865. The van der Waals surface area contributed by atoms with Crippen LogP contribution in [0.1, 0.15) is 5.69 Å². The van der Waals surface area contributed by atoms with E-state index < -0.39 is 0 Å². The molecule has 1 heterocycles. The van der Waals surface area contributed by atoms with Crippen molar-refractivity contribution in [3.05, 3.63) is 76.5 Å². The van der Waals surface area contributed by atoms with Crippen molar-refractivity contribution in [3.63, 3.8) is 0 Å². The number of hydrogen-bond acceptors (Lipinski definition) is 2. The molecule has 0 N–H and O–H groups in total. The third-order valence-corrected chi connectivity index (χ3v) is 4.41. The Morgan fingerprint density at radius 3 is 2.38 bits per heavy atom. The van der Waals surface area contributed by atoms with Gasteiger partial charge in [0.1, 0.15) is 0 Å². The van der Waals surface area contributed by atoms with Crippen LogP contribution in [0.25, 0.3) is 5.69 Å². The van der Waals surface area contributed by atoms with Crippen LogP contribution in [0, 0.1) is 0 Å². The lowest BCUT2D eigenvalue weighted by molar-refractivity contribution is 1.06. The van der Waals surface area contributed by atoms with Crippen LogP contribution in [0.15, 0.2) is 65.8 Å². The zero-order valence-electron chi connectivity index (χ0n) is 13.4. The molecule has 0 radical (unpaired) electrons. The number of aliphatic imine (C=N–C) groups is 1. The number of halogens is 2. The molecule has 0 aliphatic carbocycles. The monoisotopic (exact) mass is 357 g/mol. The van der Waals surface area contributed by atoms with Crippen molar-refractivity contribution in [2.24, 2.45) is 4.99 Å². The van der Waals surface area contributed by atoms with Gasteiger partial charge >= 0.3 is 0 Å². The first-order chi connectivity index (χ1) is 11.5. The number of benzene rings is 2. The van der Waals surface area contributed by atoms with Crippen LogP contribution in [0.3, 0.4) is 0 Å². The topological polar surface area (TPSA) is 20.5 Å². The van der Waals surface area contributed by atoms with Gasteiger partial charge in [-0.15, -0.1) is 0 Å². The molecule has 0 atom stereocenters. The summed E-state index contributed by atoms with van der Waals surface area (Å²) < 4.78 is 2.08. The molecule has 24 heavy (non-hydrogen) atoms. The van der Waals surface area contributed by atoms with Crippen LogP contribution in [-0.4, -0.2) is 24.9 Å². The molecule has 0 amide bonds. The lowest BCUT2D eigenvalue weighted by atomic mass is 10.2. The Morgan fingerprint density at radius 1 is 0.958 bits per heavy atom. The van der Waals surface area contributed by atoms with Crippen LogP contribution in [0.4, 0.5) is 11.4 Å². The normalized spacial score (nSPS) is 11.2. The molecule has 1 aromatic heterocycles. The lowest BCUT2D eigenvalue weighted by Crippen LogP contribution is -2.08. The first kappa shape index (κ1) is 16.6. The minimum absolute atomic E-state index is 0.501. The maximum atomic E-state index is 6.03. The minimum atomic E-state index is 0.501. The van der Waals surface area contributed by atoms with Crippen molar-refractivity contribution in [1.82, 2.24) is 4.57 Å². The van der Waals surface area contributed by atoms with Crippen LogP contribution in [-0.2, 0) is 0 Å². The molecular formula is C19H17Cl2N3. The van der Waals surface area contributed by atoms with Gasteiger partial charge in [0.15, 0.2) is 0 Å². The number of anilines is 1. The van der Waals surface area contributed by atoms with Crippen molar-refractivity contribution in [3.8, 4) is 5.69 Å². The van der Waals surface area contributed by atoms with E-state index in [0.717, 1.165) is 22.8 Å². The van der Waals surface area contributed by atoms with E-state index in [1.807, 2.05) is 44.7 Å². The minimum Gasteiger partial charge on any atom is -0.378 e. The van der Waals surface area contributed by atoms with Crippen molar-refractivity contribution < 1.29 is 0 Å². The molecule has 0 spiro atoms. The van der Waals surface area contributed by atoms with Crippen LogP contribution in [0.2, 0.25) is 10.0 Å². The average Bonchev–Trinajstić information content (AvgIpc) is 3.04. The SMILES string of the molecule is CN(C)c1ccc(-n2cccc2C=Nc2ccc(Cl)c(Cl)c2)cc1. The molecule has 3 rings (SSSR count). The second kappa shape index (κ2) is 7.12. The largest absolute Gasteiger partial charge is 0.378 e. The third-order valence-electron chi connectivity index (χ3n) is 3.67. The van der Waals surface area contributed by atoms with E-state index in [2.05, 4.69) is 38.7 Å². The predicted octanol–water partition coefficient (Wildman–Crippen LogP) is 5.60. The third kappa shape index (κ3) is 3.64. The van der Waals surface area contributed by atoms with E-state index in [9.17, 15) is 0 Å². The van der Waals surface area contributed by atoms with Crippen molar-refractivity contribution in [1.29, 1.82) is 0 Å². The van der Waals surface area contributed by atoms with Gasteiger partial charge < -0.3 is 9.47 Å². The Hall–Kier alpha value is -2.23. The first-order valence-corrected chi connectivity index (χ1v) is 8.24. The first-order valence-electron chi connectivity index (χ1n) is 7.49. The van der Waals surface area contributed by atoms with Gasteiger partial charge in [-0.05, 0) is 54.6 Å². The molecule has 2 aromatic carbocycles. The molecule has 3 nitrogen and oxygen atoms in total. The summed E-state index contributed by atoms with van der Waals surface area (Å²) in [4.78, 5) is 6.56. The summed E-state index contributed by atoms with van der Waals surface area (Å²) in [6.45, 7) is 0. The highest BCUT2D eigenvalue weighted by molar-refractivity contribution is 6.42. The maximum absolute atomic E-state index is 6.03. The standard InChI is InChI=1S/C19H17Cl2N3/c1-23(2)15-6-8-16(9-7-15)24-11-3-4-17(24)13-22-14-5-10-18(20)19(21)12-14/h3-13H,1-2H3. The molecule has 0 fully saturated rings. The molecule has 0 saturated carbocycles. The van der Waals surface area contributed by atoms with Gasteiger partial charge in [0.25, 0.3) is 0 Å². The average molecular weight is 358 g/mol. The van der Waals surface area contributed by atoms with E-state index in [1.54, 1.807) is 12.1 Å².